The van der Waals surface area contributed by atoms with Crippen LogP contribution in [-0.2, 0) is 4.79 Å². The Bertz CT molecular complexity index is 1600. The maximum atomic E-state index is 15.9. The van der Waals surface area contributed by atoms with E-state index in [1.54, 1.807) is 24.0 Å². The highest BCUT2D eigenvalue weighted by Crippen LogP contribution is 2.33. The zero-order valence-corrected chi connectivity index (χ0v) is 22.9. The first kappa shape index (κ1) is 26.9. The molecular weight excluding hydrogens is 517 g/mol. The summed E-state index contributed by atoms with van der Waals surface area (Å²) in [4.78, 5) is 38.2. The number of nitrogen functional groups attached to an aromatic ring is 1. The van der Waals surface area contributed by atoms with Gasteiger partial charge < -0.3 is 24.8 Å². The van der Waals surface area contributed by atoms with Crippen molar-refractivity contribution in [1.29, 1.82) is 0 Å². The van der Waals surface area contributed by atoms with Crippen LogP contribution in [0, 0.1) is 12.7 Å². The maximum absolute atomic E-state index is 15.9. The maximum Gasteiger partial charge on any atom is 0.318 e. The SMILES string of the molecule is COc1nc(N(C)C2CCN(C(=O)/C=C/c3nc(C(C)C)no3)C2)c2cnc(-c3nc(N)ccc3C)c(F)c2n1. The second-order valence-electron chi connectivity index (χ2n) is 9.94. The first-order chi connectivity index (χ1) is 19.2. The third-order valence-electron chi connectivity index (χ3n) is 6.87. The fraction of sp³-hybridized carbons (Fsp3) is 0.370. The molecule has 1 saturated heterocycles. The molecule has 5 heterocycles. The lowest BCUT2D eigenvalue weighted by Gasteiger charge is -2.27. The van der Waals surface area contributed by atoms with Crippen molar-refractivity contribution in [2.24, 2.45) is 0 Å². The number of pyridine rings is 2. The Hall–Kier alpha value is -4.68. The number of amides is 1. The third-order valence-corrected chi connectivity index (χ3v) is 6.87. The lowest BCUT2D eigenvalue weighted by molar-refractivity contribution is -0.124. The number of anilines is 2. The zero-order valence-electron chi connectivity index (χ0n) is 22.9. The van der Waals surface area contributed by atoms with Gasteiger partial charge >= 0.3 is 6.01 Å². The predicted octanol–water partition coefficient (Wildman–Crippen LogP) is 3.38. The van der Waals surface area contributed by atoms with Crippen LogP contribution in [0.15, 0.2) is 28.9 Å². The van der Waals surface area contributed by atoms with E-state index in [0.29, 0.717) is 42.2 Å². The lowest BCUT2D eigenvalue weighted by Crippen LogP contribution is -2.36. The Kier molecular flexibility index (Phi) is 7.28. The van der Waals surface area contributed by atoms with Crippen molar-refractivity contribution >= 4 is 34.5 Å². The lowest BCUT2D eigenvalue weighted by atomic mass is 10.1. The van der Waals surface area contributed by atoms with Gasteiger partial charge in [-0.25, -0.2) is 9.37 Å². The number of halogens is 1. The summed E-state index contributed by atoms with van der Waals surface area (Å²) in [5, 5.41) is 4.31. The molecular formula is C27H30FN9O3. The number of hydrogen-bond acceptors (Lipinski definition) is 11. The molecule has 0 spiro atoms. The molecule has 0 radical (unpaired) electrons. The van der Waals surface area contributed by atoms with E-state index in [9.17, 15) is 4.79 Å². The Morgan fingerprint density at radius 2 is 2.05 bits per heavy atom. The number of aromatic nitrogens is 6. The second kappa shape index (κ2) is 10.8. The van der Waals surface area contributed by atoms with Crippen LogP contribution < -0.4 is 15.4 Å². The van der Waals surface area contributed by atoms with Crippen LogP contribution in [0.5, 0.6) is 6.01 Å². The van der Waals surface area contributed by atoms with Gasteiger partial charge in [-0.05, 0) is 25.0 Å². The van der Waals surface area contributed by atoms with Gasteiger partial charge in [0.05, 0.1) is 18.2 Å². The second-order valence-corrected chi connectivity index (χ2v) is 9.94. The highest BCUT2D eigenvalue weighted by molar-refractivity contribution is 5.93. The summed E-state index contributed by atoms with van der Waals surface area (Å²) >= 11 is 0. The molecule has 0 bridgehead atoms. The minimum absolute atomic E-state index is 0.0110. The number of methoxy groups -OCH3 is 1. The quantitative estimate of drug-likeness (QED) is 0.339. The van der Waals surface area contributed by atoms with Crippen LogP contribution >= 0.6 is 0 Å². The Morgan fingerprint density at radius 1 is 1.25 bits per heavy atom. The minimum atomic E-state index is -0.649. The first-order valence-corrected chi connectivity index (χ1v) is 12.8. The molecule has 1 amide bonds. The van der Waals surface area contributed by atoms with Crippen LogP contribution in [0.3, 0.4) is 0 Å². The highest BCUT2D eigenvalue weighted by atomic mass is 19.1. The Labute approximate surface area is 230 Å². The summed E-state index contributed by atoms with van der Waals surface area (Å²) < 4.78 is 26.3. The summed E-state index contributed by atoms with van der Waals surface area (Å²) in [7, 11) is 3.27. The van der Waals surface area contributed by atoms with Crippen molar-refractivity contribution in [2.75, 3.05) is 37.9 Å². The molecule has 2 N–H and O–H groups in total. The number of nitrogens with zero attached hydrogens (tertiary/aromatic N) is 8. The number of likely N-dealkylation sites (tertiary alicyclic amines) is 1. The number of carbonyl (C=O) groups is 1. The standard InChI is InChI=1S/C27H30FN9O3/c1-14(2)25-32-19(40-35-25)8-9-20(38)37-11-10-16(13-37)36(4)26-17-12-30-24(22-15(3)6-7-18(29)31-22)21(28)23(17)33-27(34-26)39-5/h6-9,12,14,16H,10-11,13H2,1-5H3,(H2,29,31)/b9-8+. The van der Waals surface area contributed by atoms with Gasteiger partial charge in [0.1, 0.15) is 22.8 Å². The van der Waals surface area contributed by atoms with E-state index in [1.165, 1.54) is 25.5 Å². The predicted molar refractivity (Wildman–Crippen MR) is 147 cm³/mol. The van der Waals surface area contributed by atoms with Gasteiger partial charge in [0, 0.05) is 50.4 Å². The smallest absolute Gasteiger partial charge is 0.318 e. The molecule has 12 nitrogen and oxygen atoms in total. The molecule has 0 aromatic carbocycles. The van der Waals surface area contributed by atoms with Gasteiger partial charge in [-0.1, -0.05) is 25.1 Å². The number of rotatable bonds is 7. The molecule has 40 heavy (non-hydrogen) atoms. The van der Waals surface area contributed by atoms with E-state index >= 15 is 4.39 Å². The average Bonchev–Trinajstić information content (AvgIpc) is 3.63. The number of nitrogens with two attached hydrogens (primary N) is 1. The summed E-state index contributed by atoms with van der Waals surface area (Å²) in [6.07, 6.45) is 5.16. The molecule has 208 valence electrons. The summed E-state index contributed by atoms with van der Waals surface area (Å²) in [5.41, 5.74) is 7.00. The van der Waals surface area contributed by atoms with Gasteiger partial charge in [-0.15, -0.1) is 0 Å². The number of ether oxygens (including phenoxy) is 1. The first-order valence-electron chi connectivity index (χ1n) is 12.8. The topological polar surface area (TPSA) is 149 Å². The molecule has 5 rings (SSSR count). The van der Waals surface area contributed by atoms with Gasteiger partial charge in [0.2, 0.25) is 5.91 Å². The van der Waals surface area contributed by atoms with Crippen molar-refractivity contribution in [3.05, 3.63) is 47.5 Å². The van der Waals surface area contributed by atoms with Crippen molar-refractivity contribution in [2.45, 2.75) is 39.2 Å². The summed E-state index contributed by atoms with van der Waals surface area (Å²) in [6, 6.07) is 3.33. The van der Waals surface area contributed by atoms with Crippen LogP contribution in [0.4, 0.5) is 16.0 Å². The molecule has 4 aromatic rings. The largest absolute Gasteiger partial charge is 0.467 e. The van der Waals surface area contributed by atoms with E-state index in [-0.39, 0.29) is 46.8 Å². The molecule has 4 aromatic heterocycles. The number of hydrogen-bond donors (Lipinski definition) is 1. The fourth-order valence-electron chi connectivity index (χ4n) is 4.56. The fourth-order valence-corrected chi connectivity index (χ4v) is 4.56. The van der Waals surface area contributed by atoms with E-state index in [4.69, 9.17) is 15.0 Å². The van der Waals surface area contributed by atoms with Crippen LogP contribution in [0.25, 0.3) is 28.4 Å². The summed E-state index contributed by atoms with van der Waals surface area (Å²) in [6.45, 7) is 6.70. The van der Waals surface area contributed by atoms with Crippen molar-refractivity contribution in [1.82, 2.24) is 35.0 Å². The average molecular weight is 548 g/mol. The molecule has 0 aliphatic carbocycles. The van der Waals surface area contributed by atoms with E-state index in [0.717, 1.165) is 5.56 Å². The monoisotopic (exact) mass is 547 g/mol. The van der Waals surface area contributed by atoms with Gasteiger partial charge in [0.15, 0.2) is 11.6 Å². The molecule has 1 atom stereocenters. The Morgan fingerprint density at radius 3 is 2.77 bits per heavy atom. The van der Waals surface area contributed by atoms with Crippen LogP contribution in [0.1, 0.15) is 43.5 Å². The molecule has 1 unspecified atom stereocenters. The minimum Gasteiger partial charge on any atom is -0.467 e. The van der Waals surface area contributed by atoms with Crippen molar-refractivity contribution in [3.63, 3.8) is 0 Å². The normalized spacial score (nSPS) is 15.5. The summed E-state index contributed by atoms with van der Waals surface area (Å²) in [5.74, 6) is 0.869. The van der Waals surface area contributed by atoms with Crippen LogP contribution in [-0.4, -0.2) is 74.2 Å². The van der Waals surface area contributed by atoms with Crippen molar-refractivity contribution in [3.8, 4) is 17.4 Å². The van der Waals surface area contributed by atoms with E-state index in [1.807, 2.05) is 25.8 Å². The molecule has 1 fully saturated rings. The van der Waals surface area contributed by atoms with E-state index in [2.05, 4.69) is 30.1 Å². The van der Waals surface area contributed by atoms with Crippen molar-refractivity contribution < 1.29 is 18.4 Å². The molecule has 1 aliphatic heterocycles. The number of carbonyl (C=O) groups excluding carboxylic acids is 1. The third kappa shape index (κ3) is 5.14. The number of fused-ring (bicyclic) bond motifs is 1. The number of aryl methyl sites for hydroxylation is 1. The highest BCUT2D eigenvalue weighted by Gasteiger charge is 2.31. The number of likely N-dealkylation sites (N-methyl/N-ethyl adjacent to an activating group) is 1. The zero-order chi connectivity index (χ0) is 28.6. The van der Waals surface area contributed by atoms with Gasteiger partial charge in [-0.2, -0.15) is 15.0 Å². The van der Waals surface area contributed by atoms with Gasteiger partial charge in [-0.3, -0.25) is 9.78 Å². The van der Waals surface area contributed by atoms with Crippen LogP contribution in [0.2, 0.25) is 0 Å². The van der Waals surface area contributed by atoms with E-state index < -0.39 is 5.82 Å². The molecule has 1 aliphatic rings. The molecule has 13 heteroatoms. The Balaban J connectivity index is 1.40. The van der Waals surface area contributed by atoms with Gasteiger partial charge in [0.25, 0.3) is 5.89 Å². The molecule has 0 saturated carbocycles.